The van der Waals surface area contributed by atoms with Crippen LogP contribution in [0.5, 0.6) is 11.5 Å². The average Bonchev–Trinajstić information content (AvgIpc) is 3.08. The molecule has 6 heteroatoms. The number of hydrogen-bond acceptors (Lipinski definition) is 5. The van der Waals surface area contributed by atoms with Crippen molar-refractivity contribution < 1.29 is 24.5 Å². The van der Waals surface area contributed by atoms with Crippen LogP contribution in [0.1, 0.15) is 42.1 Å². The molecule has 2 N–H and O–H groups in total. The fraction of sp³-hybridized carbons (Fsp3) is 0.241. The first-order valence-electron chi connectivity index (χ1n) is 11.6. The summed E-state index contributed by atoms with van der Waals surface area (Å²) in [6, 6.07) is 17.9. The number of phenols is 1. The number of Topliss-reactive ketones (excluding diaryl/α,β-unsaturated/α-hetero) is 1. The lowest BCUT2D eigenvalue weighted by Crippen LogP contribution is -2.29. The van der Waals surface area contributed by atoms with Gasteiger partial charge in [0, 0.05) is 11.3 Å². The lowest BCUT2D eigenvalue weighted by Gasteiger charge is -2.26. The molecule has 0 spiro atoms. The van der Waals surface area contributed by atoms with Crippen LogP contribution in [0, 0.1) is 19.8 Å². The van der Waals surface area contributed by atoms with Crippen LogP contribution in [-0.4, -0.2) is 28.5 Å². The minimum atomic E-state index is -0.902. The third-order valence-corrected chi connectivity index (χ3v) is 5.93. The van der Waals surface area contributed by atoms with Crippen LogP contribution in [0.4, 0.5) is 5.69 Å². The molecule has 1 saturated heterocycles. The molecular formula is C29H29NO5. The Morgan fingerprint density at radius 1 is 1.00 bits per heavy atom. The number of carbonyl (C=O) groups excluding carboxylic acids is 2. The zero-order valence-electron chi connectivity index (χ0n) is 20.3. The summed E-state index contributed by atoms with van der Waals surface area (Å²) < 4.78 is 5.83. The van der Waals surface area contributed by atoms with Gasteiger partial charge < -0.3 is 14.9 Å². The first-order valence-corrected chi connectivity index (χ1v) is 11.6. The third-order valence-electron chi connectivity index (χ3n) is 5.93. The number of rotatable bonds is 6. The highest BCUT2D eigenvalue weighted by Crippen LogP contribution is 2.43. The smallest absolute Gasteiger partial charge is 0.300 e. The van der Waals surface area contributed by atoms with E-state index in [4.69, 9.17) is 4.74 Å². The summed E-state index contributed by atoms with van der Waals surface area (Å²) in [4.78, 5) is 27.9. The Bertz CT molecular complexity index is 1320. The topological polar surface area (TPSA) is 87.1 Å². The van der Waals surface area contributed by atoms with Crippen LogP contribution in [0.25, 0.3) is 5.76 Å². The number of ether oxygens (including phenoxy) is 1. The van der Waals surface area contributed by atoms with Gasteiger partial charge in [-0.1, -0.05) is 38.1 Å². The van der Waals surface area contributed by atoms with E-state index in [0.717, 1.165) is 11.1 Å². The Labute approximate surface area is 205 Å². The van der Waals surface area contributed by atoms with Gasteiger partial charge in [-0.15, -0.1) is 0 Å². The van der Waals surface area contributed by atoms with Gasteiger partial charge in [0.1, 0.15) is 17.3 Å². The number of phenolic OH excluding ortho intramolecular Hbond substituents is 1. The number of aliphatic hydroxyl groups excluding tert-OH is 1. The van der Waals surface area contributed by atoms with E-state index in [-0.39, 0.29) is 17.1 Å². The molecule has 1 atom stereocenters. The fourth-order valence-corrected chi connectivity index (χ4v) is 4.26. The Kier molecular flexibility index (Phi) is 6.65. The fourth-order valence-electron chi connectivity index (χ4n) is 4.26. The number of ketones is 1. The second-order valence-corrected chi connectivity index (χ2v) is 9.29. The van der Waals surface area contributed by atoms with E-state index >= 15 is 0 Å². The van der Waals surface area contributed by atoms with Crippen molar-refractivity contribution >= 4 is 23.1 Å². The summed E-state index contributed by atoms with van der Waals surface area (Å²) in [5, 5.41) is 21.5. The van der Waals surface area contributed by atoms with Gasteiger partial charge in [-0.25, -0.2) is 0 Å². The van der Waals surface area contributed by atoms with Crippen molar-refractivity contribution in [1.29, 1.82) is 0 Å². The number of amides is 1. The van der Waals surface area contributed by atoms with Crippen molar-refractivity contribution in [3.63, 3.8) is 0 Å². The Balaban J connectivity index is 1.86. The van der Waals surface area contributed by atoms with Crippen molar-refractivity contribution in [3.8, 4) is 11.5 Å². The molecule has 1 aliphatic rings. The molecule has 180 valence electrons. The maximum Gasteiger partial charge on any atom is 0.300 e. The highest BCUT2D eigenvalue weighted by atomic mass is 16.5. The van der Waals surface area contributed by atoms with Crippen molar-refractivity contribution in [1.82, 2.24) is 0 Å². The predicted molar refractivity (Wildman–Crippen MR) is 136 cm³/mol. The van der Waals surface area contributed by atoms with E-state index in [9.17, 15) is 19.8 Å². The number of anilines is 1. The molecule has 3 aromatic carbocycles. The molecular weight excluding hydrogens is 442 g/mol. The van der Waals surface area contributed by atoms with E-state index in [2.05, 4.69) is 13.8 Å². The average molecular weight is 472 g/mol. The van der Waals surface area contributed by atoms with Crippen LogP contribution in [0.3, 0.4) is 0 Å². The largest absolute Gasteiger partial charge is 0.508 e. The molecule has 0 aliphatic carbocycles. The summed E-state index contributed by atoms with van der Waals surface area (Å²) in [5.74, 6) is -0.734. The first kappa shape index (κ1) is 24.1. The zero-order chi connectivity index (χ0) is 25.3. The molecule has 1 aliphatic heterocycles. The maximum absolute atomic E-state index is 13.3. The molecule has 6 nitrogen and oxygen atoms in total. The van der Waals surface area contributed by atoms with Gasteiger partial charge in [0.05, 0.1) is 18.2 Å². The predicted octanol–water partition coefficient (Wildman–Crippen LogP) is 5.67. The summed E-state index contributed by atoms with van der Waals surface area (Å²) in [6.45, 7) is 8.44. The van der Waals surface area contributed by atoms with E-state index in [0.29, 0.717) is 35.1 Å². The minimum Gasteiger partial charge on any atom is -0.508 e. The molecule has 4 rings (SSSR count). The standard InChI is InChI=1S/C29H29NO5/c1-17(2)16-35-24-12-11-21(14-19(24)4)27(32)25-26(20-8-6-10-23(31)15-20)30(29(34)28(25)33)22-9-5-7-18(3)13-22/h5-15,17,26,31-32H,16H2,1-4H3/b27-25-. The number of benzene rings is 3. The molecule has 1 fully saturated rings. The second kappa shape index (κ2) is 9.66. The number of aromatic hydroxyl groups is 1. The number of aryl methyl sites for hydroxylation is 2. The molecule has 0 saturated carbocycles. The number of aliphatic hydroxyl groups is 1. The van der Waals surface area contributed by atoms with Gasteiger partial charge in [0.15, 0.2) is 0 Å². The summed E-state index contributed by atoms with van der Waals surface area (Å²) in [5.41, 5.74) is 3.15. The monoisotopic (exact) mass is 471 g/mol. The van der Waals surface area contributed by atoms with Gasteiger partial charge in [0.25, 0.3) is 11.7 Å². The van der Waals surface area contributed by atoms with Crippen LogP contribution < -0.4 is 9.64 Å². The van der Waals surface area contributed by atoms with E-state index in [1.165, 1.54) is 17.0 Å². The summed E-state index contributed by atoms with van der Waals surface area (Å²) in [6.07, 6.45) is 0. The van der Waals surface area contributed by atoms with Gasteiger partial charge in [-0.3, -0.25) is 14.5 Å². The summed E-state index contributed by atoms with van der Waals surface area (Å²) >= 11 is 0. The van der Waals surface area contributed by atoms with Crippen molar-refractivity contribution in [2.24, 2.45) is 5.92 Å². The van der Waals surface area contributed by atoms with Crippen LogP contribution >= 0.6 is 0 Å². The van der Waals surface area contributed by atoms with Crippen LogP contribution in [0.2, 0.25) is 0 Å². The molecule has 1 heterocycles. The van der Waals surface area contributed by atoms with E-state index in [1.54, 1.807) is 36.4 Å². The Morgan fingerprint density at radius 2 is 1.74 bits per heavy atom. The number of hydrogen-bond donors (Lipinski definition) is 2. The number of nitrogens with zero attached hydrogens (tertiary/aromatic N) is 1. The van der Waals surface area contributed by atoms with Crippen molar-refractivity contribution in [2.75, 3.05) is 11.5 Å². The lowest BCUT2D eigenvalue weighted by atomic mass is 9.94. The lowest BCUT2D eigenvalue weighted by molar-refractivity contribution is -0.132. The van der Waals surface area contributed by atoms with Crippen molar-refractivity contribution in [3.05, 3.63) is 94.6 Å². The molecule has 3 aromatic rings. The van der Waals surface area contributed by atoms with Crippen molar-refractivity contribution in [2.45, 2.75) is 33.7 Å². The zero-order valence-corrected chi connectivity index (χ0v) is 20.3. The molecule has 0 radical (unpaired) electrons. The highest BCUT2D eigenvalue weighted by molar-refractivity contribution is 6.51. The van der Waals surface area contributed by atoms with Gasteiger partial charge in [-0.2, -0.15) is 0 Å². The molecule has 0 aromatic heterocycles. The molecule has 0 bridgehead atoms. The SMILES string of the molecule is Cc1cccc(N2C(=O)C(=O)/C(=C(\O)c3ccc(OCC(C)C)c(C)c3)C2c2cccc(O)c2)c1. The number of carbonyl (C=O) groups is 2. The summed E-state index contributed by atoms with van der Waals surface area (Å²) in [7, 11) is 0. The first-order chi connectivity index (χ1) is 16.7. The second-order valence-electron chi connectivity index (χ2n) is 9.29. The molecule has 35 heavy (non-hydrogen) atoms. The third kappa shape index (κ3) is 4.78. The molecule has 1 unspecified atom stereocenters. The normalized spacial score (nSPS) is 17.3. The molecule has 1 amide bonds. The van der Waals surface area contributed by atoms with Crippen LogP contribution in [-0.2, 0) is 9.59 Å². The van der Waals surface area contributed by atoms with Crippen LogP contribution in [0.15, 0.2) is 72.3 Å². The highest BCUT2D eigenvalue weighted by Gasteiger charge is 2.47. The quantitative estimate of drug-likeness (QED) is 0.275. The van der Waals surface area contributed by atoms with Gasteiger partial charge in [0.2, 0.25) is 0 Å². The van der Waals surface area contributed by atoms with E-state index in [1.807, 2.05) is 32.0 Å². The maximum atomic E-state index is 13.3. The van der Waals surface area contributed by atoms with Gasteiger partial charge >= 0.3 is 0 Å². The van der Waals surface area contributed by atoms with Gasteiger partial charge in [-0.05, 0) is 78.9 Å². The van der Waals surface area contributed by atoms with E-state index < -0.39 is 17.7 Å². The minimum absolute atomic E-state index is 0.000159. The Morgan fingerprint density at radius 3 is 2.40 bits per heavy atom. The Hall–Kier alpha value is -4.06.